The lowest BCUT2D eigenvalue weighted by atomic mass is 9.90. The van der Waals surface area contributed by atoms with Crippen LogP contribution in [0.5, 0.6) is 0 Å². The average molecular weight is 205 g/mol. The molecule has 0 saturated heterocycles. The summed E-state index contributed by atoms with van der Waals surface area (Å²) in [5.74, 6) is 1.02. The number of anilines is 1. The van der Waals surface area contributed by atoms with E-state index in [1.165, 1.54) is 16.7 Å². The third-order valence-corrected chi connectivity index (χ3v) is 2.96. The maximum Gasteiger partial charge on any atom is 0.0384 e. The molecule has 2 N–H and O–H groups in total. The molecule has 0 bridgehead atoms. The predicted octanol–water partition coefficient (Wildman–Crippen LogP) is 4.08. The molecular formula is C14H23N. The van der Waals surface area contributed by atoms with Gasteiger partial charge in [0.2, 0.25) is 0 Å². The van der Waals surface area contributed by atoms with Crippen molar-refractivity contribution in [2.75, 3.05) is 5.73 Å². The summed E-state index contributed by atoms with van der Waals surface area (Å²) in [6, 6.07) is 4.51. The summed E-state index contributed by atoms with van der Waals surface area (Å²) in [4.78, 5) is 0. The van der Waals surface area contributed by atoms with E-state index in [1.54, 1.807) is 0 Å². The summed E-state index contributed by atoms with van der Waals surface area (Å²) in [5, 5.41) is 0. The molecule has 0 aromatic heterocycles. The first-order chi connectivity index (χ1) is 6.97. The number of nitrogens with two attached hydrogens (primary N) is 1. The Kier molecular flexibility index (Phi) is 3.78. The van der Waals surface area contributed by atoms with Crippen molar-refractivity contribution in [3.8, 4) is 0 Å². The molecule has 84 valence electrons. The highest BCUT2D eigenvalue weighted by Crippen LogP contribution is 2.31. The first-order valence-corrected chi connectivity index (χ1v) is 5.89. The van der Waals surface area contributed by atoms with Crippen LogP contribution in [0.1, 0.15) is 63.1 Å². The number of hydrogen-bond donors (Lipinski definition) is 1. The van der Waals surface area contributed by atoms with Crippen molar-refractivity contribution in [2.24, 2.45) is 0 Å². The Morgan fingerprint density at radius 1 is 1.00 bits per heavy atom. The van der Waals surface area contributed by atoms with Crippen LogP contribution >= 0.6 is 0 Å². The summed E-state index contributed by atoms with van der Waals surface area (Å²) in [6.45, 7) is 11.0. The highest BCUT2D eigenvalue weighted by Gasteiger charge is 2.12. The van der Waals surface area contributed by atoms with E-state index in [-0.39, 0.29) is 0 Å². The molecule has 0 aliphatic heterocycles. The molecule has 0 aliphatic carbocycles. The zero-order valence-corrected chi connectivity index (χ0v) is 10.6. The van der Waals surface area contributed by atoms with Gasteiger partial charge >= 0.3 is 0 Å². The SMILES string of the molecule is CCc1cc(C(C)C)c(N)c(C(C)C)c1. The van der Waals surface area contributed by atoms with Gasteiger partial charge in [0.25, 0.3) is 0 Å². The average Bonchev–Trinajstić information content (AvgIpc) is 2.17. The van der Waals surface area contributed by atoms with Gasteiger partial charge < -0.3 is 5.73 Å². The van der Waals surface area contributed by atoms with Crippen LogP contribution in [0.4, 0.5) is 5.69 Å². The van der Waals surface area contributed by atoms with Crippen LogP contribution in [0.3, 0.4) is 0 Å². The fourth-order valence-electron chi connectivity index (χ4n) is 1.92. The third kappa shape index (κ3) is 2.53. The maximum atomic E-state index is 6.21. The van der Waals surface area contributed by atoms with E-state index in [2.05, 4.69) is 46.8 Å². The Bertz CT molecular complexity index is 308. The smallest absolute Gasteiger partial charge is 0.0384 e. The molecule has 0 radical (unpaired) electrons. The fourth-order valence-corrected chi connectivity index (χ4v) is 1.92. The van der Waals surface area contributed by atoms with Gasteiger partial charge in [0.1, 0.15) is 0 Å². The molecule has 15 heavy (non-hydrogen) atoms. The van der Waals surface area contributed by atoms with Crippen molar-refractivity contribution in [2.45, 2.75) is 52.9 Å². The van der Waals surface area contributed by atoms with Crippen LogP contribution in [-0.2, 0) is 6.42 Å². The van der Waals surface area contributed by atoms with Crippen molar-refractivity contribution in [1.29, 1.82) is 0 Å². The summed E-state index contributed by atoms with van der Waals surface area (Å²) >= 11 is 0. The van der Waals surface area contributed by atoms with Gasteiger partial charge in [-0.15, -0.1) is 0 Å². The third-order valence-electron chi connectivity index (χ3n) is 2.96. The van der Waals surface area contributed by atoms with Crippen molar-refractivity contribution >= 4 is 5.69 Å². The van der Waals surface area contributed by atoms with Crippen LogP contribution in [0.15, 0.2) is 12.1 Å². The molecule has 1 aromatic carbocycles. The quantitative estimate of drug-likeness (QED) is 0.739. The van der Waals surface area contributed by atoms with Crippen LogP contribution in [0.2, 0.25) is 0 Å². The molecular weight excluding hydrogens is 182 g/mol. The van der Waals surface area contributed by atoms with Gasteiger partial charge in [-0.3, -0.25) is 0 Å². The topological polar surface area (TPSA) is 26.0 Å². The van der Waals surface area contributed by atoms with Crippen molar-refractivity contribution < 1.29 is 0 Å². The minimum Gasteiger partial charge on any atom is -0.398 e. The zero-order chi connectivity index (χ0) is 11.6. The van der Waals surface area contributed by atoms with Gasteiger partial charge in [-0.2, -0.15) is 0 Å². The number of benzene rings is 1. The Hall–Kier alpha value is -0.980. The molecule has 0 fully saturated rings. The molecule has 0 atom stereocenters. The summed E-state index contributed by atoms with van der Waals surface area (Å²) in [5.41, 5.74) is 11.2. The van der Waals surface area contributed by atoms with Gasteiger partial charge in [-0.05, 0) is 34.9 Å². The highest BCUT2D eigenvalue weighted by molar-refractivity contribution is 5.58. The largest absolute Gasteiger partial charge is 0.398 e. The van der Waals surface area contributed by atoms with Crippen LogP contribution < -0.4 is 5.73 Å². The van der Waals surface area contributed by atoms with Crippen molar-refractivity contribution in [1.82, 2.24) is 0 Å². The molecule has 1 aromatic rings. The first kappa shape index (κ1) is 12.1. The number of nitrogen functional groups attached to an aromatic ring is 1. The fraction of sp³-hybridized carbons (Fsp3) is 0.571. The molecule has 1 heteroatoms. The minimum atomic E-state index is 0.508. The number of aryl methyl sites for hydroxylation is 1. The van der Waals surface area contributed by atoms with Gasteiger partial charge in [0.15, 0.2) is 0 Å². The molecule has 0 amide bonds. The molecule has 0 saturated carbocycles. The van der Waals surface area contributed by atoms with Crippen LogP contribution in [0, 0.1) is 0 Å². The highest BCUT2D eigenvalue weighted by atomic mass is 14.6. The Morgan fingerprint density at radius 2 is 1.40 bits per heavy atom. The maximum absolute atomic E-state index is 6.21. The number of hydrogen-bond acceptors (Lipinski definition) is 1. The Morgan fingerprint density at radius 3 is 1.67 bits per heavy atom. The lowest BCUT2D eigenvalue weighted by Crippen LogP contribution is -2.04. The minimum absolute atomic E-state index is 0.508. The van der Waals surface area contributed by atoms with E-state index in [4.69, 9.17) is 5.73 Å². The van der Waals surface area contributed by atoms with Crippen LogP contribution in [0.25, 0.3) is 0 Å². The second-order valence-electron chi connectivity index (χ2n) is 4.85. The van der Waals surface area contributed by atoms with Gasteiger partial charge in [0.05, 0.1) is 0 Å². The second-order valence-corrected chi connectivity index (χ2v) is 4.85. The van der Waals surface area contributed by atoms with Gasteiger partial charge in [-0.25, -0.2) is 0 Å². The van der Waals surface area contributed by atoms with E-state index in [0.717, 1.165) is 12.1 Å². The van der Waals surface area contributed by atoms with E-state index < -0.39 is 0 Å². The first-order valence-electron chi connectivity index (χ1n) is 5.89. The molecule has 0 aliphatic rings. The summed E-state index contributed by atoms with van der Waals surface area (Å²) < 4.78 is 0. The molecule has 0 unspecified atom stereocenters. The summed E-state index contributed by atoms with van der Waals surface area (Å²) in [6.07, 6.45) is 1.08. The molecule has 1 rings (SSSR count). The van der Waals surface area contributed by atoms with E-state index in [1.807, 2.05) is 0 Å². The van der Waals surface area contributed by atoms with Gasteiger partial charge in [0, 0.05) is 5.69 Å². The van der Waals surface area contributed by atoms with Gasteiger partial charge in [-0.1, -0.05) is 46.8 Å². The second kappa shape index (κ2) is 4.69. The van der Waals surface area contributed by atoms with E-state index in [9.17, 15) is 0 Å². The van der Waals surface area contributed by atoms with Crippen molar-refractivity contribution in [3.63, 3.8) is 0 Å². The standard InChI is InChI=1S/C14H23N/c1-6-11-7-12(9(2)3)14(15)13(8-11)10(4)5/h7-10H,6,15H2,1-5H3. The number of rotatable bonds is 3. The predicted molar refractivity (Wildman–Crippen MR) is 68.4 cm³/mol. The van der Waals surface area contributed by atoms with E-state index in [0.29, 0.717) is 11.8 Å². The Balaban J connectivity index is 3.33. The van der Waals surface area contributed by atoms with Crippen molar-refractivity contribution in [3.05, 3.63) is 28.8 Å². The zero-order valence-electron chi connectivity index (χ0n) is 10.6. The Labute approximate surface area is 93.7 Å². The van der Waals surface area contributed by atoms with Crippen LogP contribution in [-0.4, -0.2) is 0 Å². The lowest BCUT2D eigenvalue weighted by molar-refractivity contribution is 0.833. The normalized spacial score (nSPS) is 11.4. The lowest BCUT2D eigenvalue weighted by Gasteiger charge is -2.18. The molecule has 0 heterocycles. The molecule has 1 nitrogen and oxygen atoms in total. The monoisotopic (exact) mass is 205 g/mol. The summed E-state index contributed by atoms with van der Waals surface area (Å²) in [7, 11) is 0. The van der Waals surface area contributed by atoms with E-state index >= 15 is 0 Å². The molecule has 0 spiro atoms.